The summed E-state index contributed by atoms with van der Waals surface area (Å²) in [6, 6.07) is 7.91. The molecular formula is C15H16ClIN2O. The minimum Gasteiger partial charge on any atom is -0.497 e. The lowest BCUT2D eigenvalue weighted by Crippen LogP contribution is -2.05. The first-order valence-electron chi connectivity index (χ1n) is 6.36. The van der Waals surface area contributed by atoms with E-state index in [4.69, 9.17) is 16.3 Å². The molecule has 0 aliphatic carbocycles. The highest BCUT2D eigenvalue weighted by atomic mass is 127. The van der Waals surface area contributed by atoms with Gasteiger partial charge in [-0.1, -0.05) is 37.6 Å². The molecule has 0 spiro atoms. The maximum Gasteiger partial charge on any atom is 0.146 e. The standard InChI is InChI=1S/C15H16ClIN2O/c1-9(2)14-13(17)15(16)19-12(18-14)8-10-4-6-11(20-3)7-5-10/h4-7,9H,8H2,1-3H3. The van der Waals surface area contributed by atoms with Gasteiger partial charge in [-0.05, 0) is 46.2 Å². The zero-order chi connectivity index (χ0) is 14.7. The van der Waals surface area contributed by atoms with Crippen molar-refractivity contribution in [3.05, 3.63) is 50.1 Å². The Hall–Kier alpha value is -0.880. The van der Waals surface area contributed by atoms with Gasteiger partial charge in [0, 0.05) is 6.42 Å². The molecule has 0 unspecified atom stereocenters. The lowest BCUT2D eigenvalue weighted by atomic mass is 10.1. The largest absolute Gasteiger partial charge is 0.497 e. The summed E-state index contributed by atoms with van der Waals surface area (Å²) in [6.45, 7) is 4.22. The molecule has 3 nitrogen and oxygen atoms in total. The summed E-state index contributed by atoms with van der Waals surface area (Å²) in [4.78, 5) is 9.01. The molecule has 0 radical (unpaired) electrons. The molecule has 2 aromatic rings. The Morgan fingerprint density at radius 3 is 2.40 bits per heavy atom. The molecule has 106 valence electrons. The molecule has 0 amide bonds. The van der Waals surface area contributed by atoms with Crippen LogP contribution in [0.25, 0.3) is 0 Å². The molecule has 5 heteroatoms. The number of hydrogen-bond donors (Lipinski definition) is 0. The molecule has 0 N–H and O–H groups in total. The fraction of sp³-hybridized carbons (Fsp3) is 0.333. The minimum absolute atomic E-state index is 0.331. The van der Waals surface area contributed by atoms with Crippen LogP contribution in [-0.2, 0) is 6.42 Å². The van der Waals surface area contributed by atoms with Crippen molar-refractivity contribution in [1.82, 2.24) is 9.97 Å². The molecular weight excluding hydrogens is 387 g/mol. The lowest BCUT2D eigenvalue weighted by Gasteiger charge is -2.11. The number of nitrogens with zero attached hydrogens (tertiary/aromatic N) is 2. The van der Waals surface area contributed by atoms with Gasteiger partial charge in [0.2, 0.25) is 0 Å². The first-order valence-corrected chi connectivity index (χ1v) is 7.81. The quantitative estimate of drug-likeness (QED) is 0.559. The predicted molar refractivity (Wildman–Crippen MR) is 89.6 cm³/mol. The Balaban J connectivity index is 2.28. The summed E-state index contributed by atoms with van der Waals surface area (Å²) in [5.41, 5.74) is 2.15. The number of methoxy groups -OCH3 is 1. The Bertz CT molecular complexity index is 600. The zero-order valence-corrected chi connectivity index (χ0v) is 14.6. The Morgan fingerprint density at radius 1 is 1.20 bits per heavy atom. The average molecular weight is 403 g/mol. The van der Waals surface area contributed by atoms with Crippen LogP contribution < -0.4 is 4.74 Å². The number of benzene rings is 1. The van der Waals surface area contributed by atoms with Crippen LogP contribution in [0.1, 0.15) is 36.8 Å². The zero-order valence-electron chi connectivity index (χ0n) is 11.7. The fourth-order valence-electron chi connectivity index (χ4n) is 1.87. The summed E-state index contributed by atoms with van der Waals surface area (Å²) in [7, 11) is 1.66. The average Bonchev–Trinajstić information content (AvgIpc) is 2.43. The third-order valence-electron chi connectivity index (χ3n) is 2.95. The second kappa shape index (κ2) is 6.72. The van der Waals surface area contributed by atoms with Gasteiger partial charge in [0.15, 0.2) is 0 Å². The van der Waals surface area contributed by atoms with Gasteiger partial charge in [0.1, 0.15) is 16.7 Å². The summed E-state index contributed by atoms with van der Waals surface area (Å²) in [5, 5.41) is 0.535. The summed E-state index contributed by atoms with van der Waals surface area (Å²) >= 11 is 8.40. The lowest BCUT2D eigenvalue weighted by molar-refractivity contribution is 0.414. The molecule has 0 saturated carbocycles. The first kappa shape index (κ1) is 15.5. The van der Waals surface area contributed by atoms with Crippen LogP contribution in [0, 0.1) is 3.57 Å². The molecule has 1 aromatic carbocycles. The van der Waals surface area contributed by atoms with Crippen LogP contribution in [-0.4, -0.2) is 17.1 Å². The Kier molecular flexibility index (Phi) is 5.21. The smallest absolute Gasteiger partial charge is 0.146 e. The normalized spacial score (nSPS) is 10.9. The summed E-state index contributed by atoms with van der Waals surface area (Å²) in [6.07, 6.45) is 0.667. The fourth-order valence-corrected chi connectivity index (χ4v) is 2.93. The molecule has 1 heterocycles. The van der Waals surface area contributed by atoms with Gasteiger partial charge in [0.25, 0.3) is 0 Å². The highest BCUT2D eigenvalue weighted by Crippen LogP contribution is 2.25. The van der Waals surface area contributed by atoms with Crippen molar-refractivity contribution < 1.29 is 4.74 Å². The molecule has 0 saturated heterocycles. The highest BCUT2D eigenvalue weighted by molar-refractivity contribution is 14.1. The van der Waals surface area contributed by atoms with Gasteiger partial charge in [-0.3, -0.25) is 0 Å². The molecule has 1 aromatic heterocycles. The van der Waals surface area contributed by atoms with Crippen LogP contribution in [0.5, 0.6) is 5.75 Å². The van der Waals surface area contributed by atoms with Crippen molar-refractivity contribution in [3.8, 4) is 5.75 Å². The van der Waals surface area contributed by atoms with Crippen LogP contribution in [0.3, 0.4) is 0 Å². The van der Waals surface area contributed by atoms with Crippen LogP contribution in [0.15, 0.2) is 24.3 Å². The third kappa shape index (κ3) is 3.61. The molecule has 0 aliphatic rings. The number of rotatable bonds is 4. The Labute approximate surface area is 137 Å². The Morgan fingerprint density at radius 2 is 1.85 bits per heavy atom. The predicted octanol–water partition coefficient (Wildman–Crippen LogP) is 4.46. The second-order valence-corrected chi connectivity index (χ2v) is 6.25. The van der Waals surface area contributed by atoms with E-state index in [1.165, 1.54) is 0 Å². The molecule has 2 rings (SSSR count). The van der Waals surface area contributed by atoms with E-state index in [-0.39, 0.29) is 0 Å². The van der Waals surface area contributed by atoms with Gasteiger partial charge in [-0.15, -0.1) is 0 Å². The van der Waals surface area contributed by atoms with Crippen molar-refractivity contribution in [2.75, 3.05) is 7.11 Å². The monoisotopic (exact) mass is 402 g/mol. The number of aromatic nitrogens is 2. The maximum absolute atomic E-state index is 6.20. The van der Waals surface area contributed by atoms with E-state index in [0.29, 0.717) is 17.5 Å². The van der Waals surface area contributed by atoms with Gasteiger partial charge < -0.3 is 4.74 Å². The maximum atomic E-state index is 6.20. The van der Waals surface area contributed by atoms with Crippen molar-refractivity contribution in [2.45, 2.75) is 26.2 Å². The molecule has 0 aliphatic heterocycles. The van der Waals surface area contributed by atoms with Crippen LogP contribution in [0.4, 0.5) is 0 Å². The highest BCUT2D eigenvalue weighted by Gasteiger charge is 2.13. The minimum atomic E-state index is 0.331. The van der Waals surface area contributed by atoms with E-state index in [0.717, 1.165) is 26.4 Å². The third-order valence-corrected chi connectivity index (χ3v) is 4.61. The van der Waals surface area contributed by atoms with E-state index >= 15 is 0 Å². The van der Waals surface area contributed by atoms with Crippen LogP contribution >= 0.6 is 34.2 Å². The molecule has 0 bridgehead atoms. The van der Waals surface area contributed by atoms with Crippen molar-refractivity contribution in [1.29, 1.82) is 0 Å². The topological polar surface area (TPSA) is 35.0 Å². The van der Waals surface area contributed by atoms with Crippen molar-refractivity contribution >= 4 is 34.2 Å². The summed E-state index contributed by atoms with van der Waals surface area (Å²) < 4.78 is 6.09. The van der Waals surface area contributed by atoms with E-state index in [1.54, 1.807) is 7.11 Å². The number of ether oxygens (including phenoxy) is 1. The van der Waals surface area contributed by atoms with Crippen molar-refractivity contribution in [2.24, 2.45) is 0 Å². The van der Waals surface area contributed by atoms with Gasteiger partial charge >= 0.3 is 0 Å². The van der Waals surface area contributed by atoms with Crippen molar-refractivity contribution in [3.63, 3.8) is 0 Å². The van der Waals surface area contributed by atoms with E-state index in [9.17, 15) is 0 Å². The number of hydrogen-bond acceptors (Lipinski definition) is 3. The van der Waals surface area contributed by atoms with E-state index in [2.05, 4.69) is 46.4 Å². The van der Waals surface area contributed by atoms with Crippen LogP contribution in [0.2, 0.25) is 5.15 Å². The van der Waals surface area contributed by atoms with Gasteiger partial charge in [-0.2, -0.15) is 0 Å². The van der Waals surface area contributed by atoms with Gasteiger partial charge in [0.05, 0.1) is 16.4 Å². The van der Waals surface area contributed by atoms with E-state index < -0.39 is 0 Å². The SMILES string of the molecule is COc1ccc(Cc2nc(Cl)c(I)c(C(C)C)n2)cc1. The molecule has 0 fully saturated rings. The second-order valence-electron chi connectivity index (χ2n) is 4.81. The summed E-state index contributed by atoms with van der Waals surface area (Å²) in [5.74, 6) is 1.93. The first-order chi connectivity index (χ1) is 9.51. The number of halogens is 2. The molecule has 0 atom stereocenters. The van der Waals surface area contributed by atoms with E-state index in [1.807, 2.05) is 24.3 Å². The molecule has 20 heavy (non-hydrogen) atoms. The van der Waals surface area contributed by atoms with Gasteiger partial charge in [-0.25, -0.2) is 9.97 Å².